The summed E-state index contributed by atoms with van der Waals surface area (Å²) in [5.41, 5.74) is 3.20. The first-order chi connectivity index (χ1) is 20.5. The number of hydrogen-bond donors (Lipinski definition) is 2. The van der Waals surface area contributed by atoms with E-state index in [4.69, 9.17) is 9.47 Å². The lowest BCUT2D eigenvalue weighted by Crippen LogP contribution is -2.54. The summed E-state index contributed by atoms with van der Waals surface area (Å²) >= 11 is 2.01. The van der Waals surface area contributed by atoms with Gasteiger partial charge in [0.05, 0.1) is 28.5 Å². The van der Waals surface area contributed by atoms with Gasteiger partial charge in [-0.05, 0) is 103 Å². The molecule has 0 radical (unpaired) electrons. The van der Waals surface area contributed by atoms with Crippen LogP contribution in [0, 0.1) is 17.4 Å². The molecule has 2 N–H and O–H groups in total. The van der Waals surface area contributed by atoms with E-state index in [0.717, 1.165) is 16.0 Å². The third kappa shape index (κ3) is 7.20. The van der Waals surface area contributed by atoms with Gasteiger partial charge in [0, 0.05) is 5.69 Å². The molecule has 0 saturated carbocycles. The number of nitrogens with one attached hydrogen (secondary N) is 2. The highest BCUT2D eigenvalue weighted by atomic mass is 127. The molecule has 0 spiro atoms. The number of halogens is 1. The predicted molar refractivity (Wildman–Crippen MR) is 167 cm³/mol. The minimum Gasteiger partial charge on any atom is -0.490 e. The lowest BCUT2D eigenvalue weighted by atomic mass is 10.1. The summed E-state index contributed by atoms with van der Waals surface area (Å²) in [7, 11) is 1.24. The van der Waals surface area contributed by atoms with Crippen LogP contribution in [0.5, 0.6) is 11.5 Å². The van der Waals surface area contributed by atoms with Crippen molar-refractivity contribution < 1.29 is 38.2 Å². The van der Waals surface area contributed by atoms with Crippen LogP contribution in [-0.2, 0) is 19.1 Å². The van der Waals surface area contributed by atoms with Gasteiger partial charge in [0.2, 0.25) is 0 Å². The van der Waals surface area contributed by atoms with Gasteiger partial charge >= 0.3 is 12.0 Å². The molecule has 222 valence electrons. The van der Waals surface area contributed by atoms with E-state index >= 15 is 0 Å². The first kappa shape index (κ1) is 31.2. The number of hydrogen-bond acceptors (Lipinski definition) is 8. The number of carbonyl (C=O) groups is 5. The lowest BCUT2D eigenvalue weighted by molar-refractivity contribution is -0.122. The van der Waals surface area contributed by atoms with Crippen molar-refractivity contribution in [1.82, 2.24) is 5.32 Å². The molecule has 3 aromatic carbocycles. The van der Waals surface area contributed by atoms with Gasteiger partial charge in [-0.2, -0.15) is 0 Å². The second-order valence-electron chi connectivity index (χ2n) is 9.41. The third-order valence-corrected chi connectivity index (χ3v) is 7.10. The molecular formula is C31H28IN3O8. The molecule has 12 heteroatoms. The molecule has 1 saturated heterocycles. The van der Waals surface area contributed by atoms with Crippen LogP contribution in [0.3, 0.4) is 0 Å². The summed E-state index contributed by atoms with van der Waals surface area (Å²) < 4.78 is 16.8. The summed E-state index contributed by atoms with van der Waals surface area (Å²) in [5.74, 6) is -2.03. The van der Waals surface area contributed by atoms with E-state index in [0.29, 0.717) is 26.3 Å². The monoisotopic (exact) mass is 697 g/mol. The van der Waals surface area contributed by atoms with Gasteiger partial charge < -0.3 is 19.5 Å². The van der Waals surface area contributed by atoms with Crippen molar-refractivity contribution in [3.05, 3.63) is 86.0 Å². The number of benzene rings is 3. The molecular weight excluding hydrogens is 669 g/mol. The van der Waals surface area contributed by atoms with E-state index in [1.54, 1.807) is 19.1 Å². The second kappa shape index (κ2) is 13.5. The Morgan fingerprint density at radius 1 is 1.00 bits per heavy atom. The minimum atomic E-state index is -0.926. The standard InChI is InChI=1S/C31H28IN3O8/c1-5-42-25-15-19(14-23(32)27(25)43-16-26(36)33-24-11-6-17(2)12-18(24)3)13-22-28(37)34-31(40)35(29(22)38)21-9-7-20(8-10-21)30(39)41-4/h6-15H,5,16H2,1-4H3,(H,33,36)(H,34,37,40)/b22-13-. The van der Waals surface area contributed by atoms with Crippen LogP contribution in [0.1, 0.15) is 34.0 Å². The van der Waals surface area contributed by atoms with E-state index < -0.39 is 23.8 Å². The van der Waals surface area contributed by atoms with Gasteiger partial charge in [0.1, 0.15) is 5.57 Å². The van der Waals surface area contributed by atoms with Crippen molar-refractivity contribution in [1.29, 1.82) is 0 Å². The van der Waals surface area contributed by atoms with Crippen molar-refractivity contribution >= 4 is 69.8 Å². The quantitative estimate of drug-likeness (QED) is 0.141. The predicted octanol–water partition coefficient (Wildman–Crippen LogP) is 4.78. The number of rotatable bonds is 9. The molecule has 0 unspecified atom stereocenters. The second-order valence-corrected chi connectivity index (χ2v) is 10.6. The van der Waals surface area contributed by atoms with Crippen LogP contribution in [0.15, 0.2) is 60.2 Å². The zero-order valence-electron chi connectivity index (χ0n) is 23.8. The molecule has 1 fully saturated rings. The first-order valence-corrected chi connectivity index (χ1v) is 14.2. The van der Waals surface area contributed by atoms with Crippen molar-refractivity contribution in [3.63, 3.8) is 0 Å². The zero-order chi connectivity index (χ0) is 31.3. The SMILES string of the molecule is CCOc1cc(/C=C2/C(=O)NC(=O)N(c3ccc(C(=O)OC)cc3)C2=O)cc(I)c1OCC(=O)Nc1ccc(C)cc1C. The first-order valence-electron chi connectivity index (χ1n) is 13.1. The highest BCUT2D eigenvalue weighted by Crippen LogP contribution is 2.35. The Hall–Kier alpha value is -4.72. The number of aryl methyl sites for hydroxylation is 2. The largest absolute Gasteiger partial charge is 0.490 e. The number of nitrogens with zero attached hydrogens (tertiary/aromatic N) is 1. The van der Waals surface area contributed by atoms with Crippen LogP contribution < -0.4 is 25.0 Å². The Morgan fingerprint density at radius 3 is 2.37 bits per heavy atom. The molecule has 43 heavy (non-hydrogen) atoms. The number of imide groups is 2. The van der Waals surface area contributed by atoms with Crippen LogP contribution in [0.2, 0.25) is 0 Å². The Labute approximate surface area is 261 Å². The fraction of sp³-hybridized carbons (Fsp3) is 0.194. The summed E-state index contributed by atoms with van der Waals surface area (Å²) in [6, 6.07) is 13.6. The van der Waals surface area contributed by atoms with E-state index in [1.807, 2.05) is 54.6 Å². The van der Waals surface area contributed by atoms with Gasteiger partial charge in [-0.15, -0.1) is 0 Å². The van der Waals surface area contributed by atoms with Crippen LogP contribution >= 0.6 is 22.6 Å². The topological polar surface area (TPSA) is 140 Å². The smallest absolute Gasteiger partial charge is 0.337 e. The average molecular weight is 697 g/mol. The van der Waals surface area contributed by atoms with E-state index in [1.165, 1.54) is 37.5 Å². The molecule has 0 aliphatic carbocycles. The van der Waals surface area contributed by atoms with Crippen molar-refractivity contribution in [2.75, 3.05) is 30.5 Å². The maximum Gasteiger partial charge on any atom is 0.337 e. The Kier molecular flexibility index (Phi) is 9.80. The number of amides is 5. The van der Waals surface area contributed by atoms with E-state index in [-0.39, 0.29) is 35.9 Å². The Morgan fingerprint density at radius 2 is 1.72 bits per heavy atom. The van der Waals surface area contributed by atoms with Gasteiger partial charge in [-0.1, -0.05) is 17.7 Å². The van der Waals surface area contributed by atoms with Crippen LogP contribution in [-0.4, -0.2) is 50.0 Å². The average Bonchev–Trinajstić information content (AvgIpc) is 2.96. The molecule has 4 rings (SSSR count). The van der Waals surface area contributed by atoms with Gasteiger partial charge in [-0.25, -0.2) is 14.5 Å². The summed E-state index contributed by atoms with van der Waals surface area (Å²) in [6.07, 6.45) is 1.33. The molecule has 3 aromatic rings. The number of methoxy groups -OCH3 is 1. The lowest BCUT2D eigenvalue weighted by Gasteiger charge is -2.26. The maximum absolute atomic E-state index is 13.3. The summed E-state index contributed by atoms with van der Waals surface area (Å²) in [6.45, 7) is 5.65. The fourth-order valence-corrected chi connectivity index (χ4v) is 5.06. The van der Waals surface area contributed by atoms with Crippen LogP contribution in [0.25, 0.3) is 6.08 Å². The number of ether oxygens (including phenoxy) is 3. The summed E-state index contributed by atoms with van der Waals surface area (Å²) in [4.78, 5) is 63.8. The number of barbiturate groups is 1. The minimum absolute atomic E-state index is 0.154. The van der Waals surface area contributed by atoms with Gasteiger partial charge in [0.25, 0.3) is 17.7 Å². The van der Waals surface area contributed by atoms with Crippen molar-refractivity contribution in [2.45, 2.75) is 20.8 Å². The molecule has 5 amide bonds. The molecule has 1 aliphatic heterocycles. The van der Waals surface area contributed by atoms with E-state index in [9.17, 15) is 24.0 Å². The number of carbonyl (C=O) groups excluding carboxylic acids is 5. The van der Waals surface area contributed by atoms with Gasteiger partial charge in [0.15, 0.2) is 18.1 Å². The summed E-state index contributed by atoms with van der Waals surface area (Å²) in [5, 5.41) is 5.00. The molecule has 1 heterocycles. The highest BCUT2D eigenvalue weighted by molar-refractivity contribution is 14.1. The zero-order valence-corrected chi connectivity index (χ0v) is 25.9. The third-order valence-electron chi connectivity index (χ3n) is 6.29. The van der Waals surface area contributed by atoms with Gasteiger partial charge in [-0.3, -0.25) is 19.7 Å². The molecule has 0 bridgehead atoms. The number of anilines is 2. The Balaban J connectivity index is 1.57. The normalized spacial score (nSPS) is 13.9. The van der Waals surface area contributed by atoms with E-state index in [2.05, 4.69) is 15.4 Å². The number of esters is 1. The molecule has 11 nitrogen and oxygen atoms in total. The maximum atomic E-state index is 13.3. The fourth-order valence-electron chi connectivity index (χ4n) is 4.28. The molecule has 0 aromatic heterocycles. The van der Waals surface area contributed by atoms with Crippen molar-refractivity contribution in [2.24, 2.45) is 0 Å². The Bertz CT molecular complexity index is 1650. The highest BCUT2D eigenvalue weighted by Gasteiger charge is 2.37. The molecule has 0 atom stereocenters. The number of urea groups is 1. The van der Waals surface area contributed by atoms with Crippen molar-refractivity contribution in [3.8, 4) is 11.5 Å². The molecule has 1 aliphatic rings. The van der Waals surface area contributed by atoms with Crippen LogP contribution in [0.4, 0.5) is 16.2 Å².